The quantitative estimate of drug-likeness (QED) is 0.727. The standard InChI is InChI=1S/C19H25NO5/c1-4-13(2)16(17(22)24-3)20-15(21)12-25-18(23)19(10-11-19)14-8-6-5-7-9-14/h5-9,13,16H,4,10-12H2,1-3H3,(H,20,21)/t13-,16+/m0/s1. The lowest BCUT2D eigenvalue weighted by Crippen LogP contribution is -2.47. The molecule has 25 heavy (non-hydrogen) atoms. The molecule has 1 aliphatic rings. The summed E-state index contributed by atoms with van der Waals surface area (Å²) in [5.74, 6) is -1.48. The number of carbonyl (C=O) groups is 3. The summed E-state index contributed by atoms with van der Waals surface area (Å²) in [6.45, 7) is 3.36. The van der Waals surface area contributed by atoms with E-state index in [1.807, 2.05) is 44.2 Å². The topological polar surface area (TPSA) is 81.7 Å². The van der Waals surface area contributed by atoms with Crippen molar-refractivity contribution >= 4 is 17.8 Å². The Balaban J connectivity index is 1.91. The second-order valence-electron chi connectivity index (χ2n) is 6.48. The van der Waals surface area contributed by atoms with Gasteiger partial charge in [0.15, 0.2) is 6.61 Å². The molecule has 1 aromatic carbocycles. The molecule has 0 heterocycles. The van der Waals surface area contributed by atoms with Gasteiger partial charge in [0.05, 0.1) is 12.5 Å². The first-order valence-corrected chi connectivity index (χ1v) is 8.54. The van der Waals surface area contributed by atoms with E-state index in [9.17, 15) is 14.4 Å². The van der Waals surface area contributed by atoms with Gasteiger partial charge < -0.3 is 14.8 Å². The Morgan fingerprint density at radius 2 is 1.84 bits per heavy atom. The van der Waals surface area contributed by atoms with Gasteiger partial charge in [-0.25, -0.2) is 4.79 Å². The molecule has 1 aromatic rings. The molecule has 1 amide bonds. The van der Waals surface area contributed by atoms with Crippen molar-refractivity contribution < 1.29 is 23.9 Å². The van der Waals surface area contributed by atoms with E-state index in [1.165, 1.54) is 7.11 Å². The van der Waals surface area contributed by atoms with Gasteiger partial charge in [0.25, 0.3) is 5.91 Å². The molecular weight excluding hydrogens is 322 g/mol. The first kappa shape index (κ1) is 19.0. The average molecular weight is 347 g/mol. The van der Waals surface area contributed by atoms with Crippen molar-refractivity contribution in [3.05, 3.63) is 35.9 Å². The summed E-state index contributed by atoms with van der Waals surface area (Å²) in [7, 11) is 1.28. The Morgan fingerprint density at radius 3 is 2.36 bits per heavy atom. The normalized spacial score (nSPS) is 17.1. The lowest BCUT2D eigenvalue weighted by atomic mass is 9.96. The molecule has 0 spiro atoms. The van der Waals surface area contributed by atoms with Gasteiger partial charge in [0, 0.05) is 0 Å². The van der Waals surface area contributed by atoms with Crippen molar-refractivity contribution in [3.63, 3.8) is 0 Å². The highest BCUT2D eigenvalue weighted by molar-refractivity contribution is 5.90. The summed E-state index contributed by atoms with van der Waals surface area (Å²) in [6.07, 6.45) is 2.14. The maximum absolute atomic E-state index is 12.4. The van der Waals surface area contributed by atoms with Crippen LogP contribution in [0.15, 0.2) is 30.3 Å². The molecule has 1 aliphatic carbocycles. The van der Waals surface area contributed by atoms with Gasteiger partial charge in [-0.2, -0.15) is 0 Å². The predicted molar refractivity (Wildman–Crippen MR) is 91.7 cm³/mol. The third kappa shape index (κ3) is 4.38. The number of benzene rings is 1. The second-order valence-corrected chi connectivity index (χ2v) is 6.48. The van der Waals surface area contributed by atoms with Gasteiger partial charge in [-0.05, 0) is 24.3 Å². The van der Waals surface area contributed by atoms with E-state index in [0.29, 0.717) is 6.42 Å². The Bertz CT molecular complexity index is 624. The first-order valence-electron chi connectivity index (χ1n) is 8.54. The van der Waals surface area contributed by atoms with Crippen LogP contribution in [0.5, 0.6) is 0 Å². The third-order valence-corrected chi connectivity index (χ3v) is 4.79. The van der Waals surface area contributed by atoms with Crippen molar-refractivity contribution in [2.24, 2.45) is 5.92 Å². The minimum absolute atomic E-state index is 0.0776. The second kappa shape index (κ2) is 8.14. The summed E-state index contributed by atoms with van der Waals surface area (Å²) in [4.78, 5) is 36.3. The minimum atomic E-state index is -0.745. The van der Waals surface area contributed by atoms with Crippen LogP contribution in [-0.4, -0.2) is 37.6 Å². The van der Waals surface area contributed by atoms with Crippen LogP contribution >= 0.6 is 0 Å². The van der Waals surface area contributed by atoms with E-state index < -0.39 is 35.9 Å². The summed E-state index contributed by atoms with van der Waals surface area (Å²) in [5.41, 5.74) is 0.285. The fourth-order valence-electron chi connectivity index (χ4n) is 2.77. The van der Waals surface area contributed by atoms with Crippen LogP contribution in [-0.2, 0) is 29.3 Å². The van der Waals surface area contributed by atoms with Crippen LogP contribution in [0.2, 0.25) is 0 Å². The van der Waals surface area contributed by atoms with Crippen LogP contribution in [0.3, 0.4) is 0 Å². The van der Waals surface area contributed by atoms with Crippen molar-refractivity contribution in [1.82, 2.24) is 5.32 Å². The summed E-state index contributed by atoms with van der Waals surface area (Å²) in [5, 5.41) is 2.59. The summed E-state index contributed by atoms with van der Waals surface area (Å²) >= 11 is 0. The van der Waals surface area contributed by atoms with Crippen LogP contribution in [0, 0.1) is 5.92 Å². The zero-order chi connectivity index (χ0) is 18.4. The van der Waals surface area contributed by atoms with E-state index >= 15 is 0 Å². The number of ether oxygens (including phenoxy) is 2. The van der Waals surface area contributed by atoms with Crippen molar-refractivity contribution in [3.8, 4) is 0 Å². The number of methoxy groups -OCH3 is 1. The molecule has 6 heteroatoms. The minimum Gasteiger partial charge on any atom is -0.467 e. The van der Waals surface area contributed by atoms with E-state index in [2.05, 4.69) is 5.32 Å². The molecule has 6 nitrogen and oxygen atoms in total. The van der Waals surface area contributed by atoms with Gasteiger partial charge in [0.2, 0.25) is 0 Å². The number of esters is 2. The molecule has 1 fully saturated rings. The number of amides is 1. The molecule has 0 unspecified atom stereocenters. The summed E-state index contributed by atoms with van der Waals surface area (Å²) in [6, 6.07) is 8.69. The number of carbonyl (C=O) groups excluding carboxylic acids is 3. The highest BCUT2D eigenvalue weighted by Gasteiger charge is 2.52. The molecule has 1 saturated carbocycles. The van der Waals surface area contributed by atoms with Crippen molar-refractivity contribution in [2.45, 2.75) is 44.6 Å². The fraction of sp³-hybridized carbons (Fsp3) is 0.526. The van der Waals surface area contributed by atoms with Crippen molar-refractivity contribution in [2.75, 3.05) is 13.7 Å². The van der Waals surface area contributed by atoms with Crippen LogP contribution in [0.25, 0.3) is 0 Å². The summed E-state index contributed by atoms with van der Waals surface area (Å²) < 4.78 is 9.93. The molecule has 0 radical (unpaired) electrons. The maximum Gasteiger partial charge on any atom is 0.328 e. The zero-order valence-electron chi connectivity index (χ0n) is 14.9. The van der Waals surface area contributed by atoms with Crippen LogP contribution < -0.4 is 5.32 Å². The average Bonchev–Trinajstić information content (AvgIpc) is 3.45. The predicted octanol–water partition coefficient (Wildman–Crippen LogP) is 1.97. The highest BCUT2D eigenvalue weighted by Crippen LogP contribution is 2.49. The lowest BCUT2D eigenvalue weighted by molar-refractivity contribution is -0.152. The first-order chi connectivity index (χ1) is 11.9. The molecule has 0 aliphatic heterocycles. The van der Waals surface area contributed by atoms with Gasteiger partial charge >= 0.3 is 11.9 Å². The van der Waals surface area contributed by atoms with Gasteiger partial charge in [-0.3, -0.25) is 9.59 Å². The molecule has 2 atom stereocenters. The largest absolute Gasteiger partial charge is 0.467 e. The van der Waals surface area contributed by atoms with E-state index in [1.54, 1.807) is 0 Å². The van der Waals surface area contributed by atoms with Crippen LogP contribution in [0.1, 0.15) is 38.7 Å². The SMILES string of the molecule is CC[C@H](C)[C@@H](NC(=O)COC(=O)C1(c2ccccc2)CC1)C(=O)OC. The van der Waals surface area contributed by atoms with E-state index in [0.717, 1.165) is 18.4 Å². The maximum atomic E-state index is 12.4. The van der Waals surface area contributed by atoms with E-state index in [-0.39, 0.29) is 5.92 Å². The van der Waals surface area contributed by atoms with Gasteiger partial charge in [-0.15, -0.1) is 0 Å². The smallest absolute Gasteiger partial charge is 0.328 e. The molecule has 0 bridgehead atoms. The number of hydrogen-bond donors (Lipinski definition) is 1. The molecule has 0 aromatic heterocycles. The fourth-order valence-corrected chi connectivity index (χ4v) is 2.77. The Morgan fingerprint density at radius 1 is 1.20 bits per heavy atom. The number of hydrogen-bond acceptors (Lipinski definition) is 5. The van der Waals surface area contributed by atoms with Crippen molar-refractivity contribution in [1.29, 1.82) is 0 Å². The molecule has 1 N–H and O–H groups in total. The van der Waals surface area contributed by atoms with E-state index in [4.69, 9.17) is 9.47 Å². The zero-order valence-corrected chi connectivity index (χ0v) is 14.9. The molecular formula is C19H25NO5. The third-order valence-electron chi connectivity index (χ3n) is 4.79. The Kier molecular flexibility index (Phi) is 6.17. The lowest BCUT2D eigenvalue weighted by Gasteiger charge is -2.22. The number of rotatable bonds is 8. The molecule has 136 valence electrons. The molecule has 2 rings (SSSR count). The van der Waals surface area contributed by atoms with Gasteiger partial charge in [0.1, 0.15) is 6.04 Å². The van der Waals surface area contributed by atoms with Gasteiger partial charge in [-0.1, -0.05) is 50.6 Å². The molecule has 0 saturated heterocycles. The monoisotopic (exact) mass is 347 g/mol. The Hall–Kier alpha value is -2.37. The highest BCUT2D eigenvalue weighted by atomic mass is 16.5. The number of nitrogens with one attached hydrogen (secondary N) is 1. The Labute approximate surface area is 147 Å². The van der Waals surface area contributed by atoms with Crippen LogP contribution in [0.4, 0.5) is 0 Å².